The zero-order valence-corrected chi connectivity index (χ0v) is 33.0. The number of carbonyl (C=O) groups is 1. The highest BCUT2D eigenvalue weighted by molar-refractivity contribution is 5.76. The van der Waals surface area contributed by atoms with Gasteiger partial charge in [0.25, 0.3) is 0 Å². The van der Waals surface area contributed by atoms with E-state index in [-0.39, 0.29) is 12.5 Å². The second kappa shape index (κ2) is 40.8. The van der Waals surface area contributed by atoms with E-state index in [4.69, 9.17) is 0 Å². The fraction of sp³-hybridized carbons (Fsp3) is 0.977. The number of carbonyl (C=O) groups excluding carboxylic acids is 1. The average Bonchev–Trinajstić information content (AvgIpc) is 3.09. The molecule has 288 valence electrons. The normalized spacial score (nSPS) is 12.8. The van der Waals surface area contributed by atoms with E-state index in [0.29, 0.717) is 12.8 Å². The Balaban J connectivity index is 3.36. The highest BCUT2D eigenvalue weighted by Crippen LogP contribution is 2.17. The lowest BCUT2D eigenvalue weighted by Gasteiger charge is -2.22. The van der Waals surface area contributed by atoms with E-state index in [9.17, 15) is 15.0 Å². The molecule has 0 saturated carbocycles. The van der Waals surface area contributed by atoms with Crippen LogP contribution in [-0.2, 0) is 4.79 Å². The van der Waals surface area contributed by atoms with Crippen LogP contribution in [0.3, 0.4) is 0 Å². The van der Waals surface area contributed by atoms with Gasteiger partial charge in [-0.1, -0.05) is 239 Å². The minimum absolute atomic E-state index is 0.0280. The molecule has 0 aromatic rings. The third-order valence-corrected chi connectivity index (χ3v) is 10.6. The largest absolute Gasteiger partial charge is 0.394 e. The van der Waals surface area contributed by atoms with E-state index in [0.717, 1.165) is 25.7 Å². The highest BCUT2D eigenvalue weighted by Gasteiger charge is 2.20. The third kappa shape index (κ3) is 36.7. The Hall–Kier alpha value is -0.610. The Bertz CT molecular complexity index is 612. The van der Waals surface area contributed by atoms with Crippen LogP contribution in [0.5, 0.6) is 0 Å². The van der Waals surface area contributed by atoms with Crippen LogP contribution in [0.1, 0.15) is 258 Å². The third-order valence-electron chi connectivity index (χ3n) is 10.6. The van der Waals surface area contributed by atoms with Crippen LogP contribution in [0.4, 0.5) is 0 Å². The van der Waals surface area contributed by atoms with Gasteiger partial charge in [0.15, 0.2) is 0 Å². The zero-order valence-electron chi connectivity index (χ0n) is 33.0. The number of amides is 1. The first-order valence-corrected chi connectivity index (χ1v) is 22.2. The fourth-order valence-corrected chi connectivity index (χ4v) is 7.19. The molecule has 0 aliphatic heterocycles. The molecular weight excluding hydrogens is 590 g/mol. The lowest BCUT2D eigenvalue weighted by atomic mass is 10.0. The van der Waals surface area contributed by atoms with Crippen LogP contribution in [0.25, 0.3) is 0 Å². The summed E-state index contributed by atoms with van der Waals surface area (Å²) in [5.41, 5.74) is 0. The first kappa shape index (κ1) is 47.4. The maximum atomic E-state index is 12.3. The van der Waals surface area contributed by atoms with Crippen molar-refractivity contribution in [3.8, 4) is 0 Å². The second-order valence-corrected chi connectivity index (χ2v) is 15.5. The van der Waals surface area contributed by atoms with Crippen LogP contribution in [0.2, 0.25) is 0 Å². The minimum atomic E-state index is -0.651. The van der Waals surface area contributed by atoms with Crippen LogP contribution in [-0.4, -0.2) is 34.9 Å². The first-order valence-electron chi connectivity index (χ1n) is 22.2. The van der Waals surface area contributed by atoms with E-state index in [1.54, 1.807) is 0 Å². The average molecular weight is 680 g/mol. The van der Waals surface area contributed by atoms with Crippen molar-refractivity contribution in [2.75, 3.05) is 6.61 Å². The number of nitrogens with one attached hydrogen (secondary N) is 1. The van der Waals surface area contributed by atoms with Gasteiger partial charge in [0, 0.05) is 6.42 Å². The highest BCUT2D eigenvalue weighted by atomic mass is 16.3. The van der Waals surface area contributed by atoms with Crippen molar-refractivity contribution in [3.05, 3.63) is 0 Å². The molecule has 0 aliphatic carbocycles. The Morgan fingerprint density at radius 3 is 0.938 bits per heavy atom. The maximum absolute atomic E-state index is 12.3. The molecule has 2 atom stereocenters. The summed E-state index contributed by atoms with van der Waals surface area (Å²) in [6.45, 7) is 4.36. The smallest absolute Gasteiger partial charge is 0.220 e. The number of unbranched alkanes of at least 4 members (excludes halogenated alkanes) is 34. The van der Waals surface area contributed by atoms with E-state index in [2.05, 4.69) is 19.2 Å². The van der Waals surface area contributed by atoms with Crippen molar-refractivity contribution >= 4 is 5.91 Å². The molecule has 0 rings (SSSR count). The zero-order chi connectivity index (χ0) is 35.0. The lowest BCUT2D eigenvalue weighted by Crippen LogP contribution is -2.45. The van der Waals surface area contributed by atoms with Crippen molar-refractivity contribution in [2.24, 2.45) is 0 Å². The molecule has 4 nitrogen and oxygen atoms in total. The van der Waals surface area contributed by atoms with Crippen molar-refractivity contribution in [3.63, 3.8) is 0 Å². The molecule has 0 fully saturated rings. The van der Waals surface area contributed by atoms with Gasteiger partial charge in [0.05, 0.1) is 18.8 Å². The van der Waals surface area contributed by atoms with Crippen molar-refractivity contribution in [1.82, 2.24) is 5.32 Å². The van der Waals surface area contributed by atoms with Crippen LogP contribution in [0, 0.1) is 0 Å². The lowest BCUT2D eigenvalue weighted by molar-refractivity contribution is -0.123. The summed E-state index contributed by atoms with van der Waals surface area (Å²) < 4.78 is 0. The second-order valence-electron chi connectivity index (χ2n) is 15.5. The van der Waals surface area contributed by atoms with Crippen molar-refractivity contribution < 1.29 is 15.0 Å². The van der Waals surface area contributed by atoms with E-state index in [1.807, 2.05) is 0 Å². The number of aliphatic hydroxyl groups is 2. The number of rotatable bonds is 41. The Kier molecular flexibility index (Phi) is 40.3. The summed E-state index contributed by atoms with van der Waals surface area (Å²) in [4.78, 5) is 12.3. The first-order chi connectivity index (χ1) is 23.7. The predicted molar refractivity (Wildman–Crippen MR) is 212 cm³/mol. The number of hydrogen-bond acceptors (Lipinski definition) is 3. The molecule has 48 heavy (non-hydrogen) atoms. The van der Waals surface area contributed by atoms with Gasteiger partial charge in [0.1, 0.15) is 0 Å². The molecular formula is C44H89NO3. The molecule has 0 aromatic heterocycles. The Morgan fingerprint density at radius 1 is 0.417 bits per heavy atom. The molecule has 1 amide bonds. The molecule has 3 N–H and O–H groups in total. The SMILES string of the molecule is CCCCCCCCCCCCCCCCCCCCCCCCCCCCCC(=O)NC(CO)C(O)CCCCCCCCCCC. The number of hydrogen-bond donors (Lipinski definition) is 3. The van der Waals surface area contributed by atoms with Crippen LogP contribution >= 0.6 is 0 Å². The van der Waals surface area contributed by atoms with Gasteiger partial charge in [-0.2, -0.15) is 0 Å². The fourth-order valence-electron chi connectivity index (χ4n) is 7.19. The van der Waals surface area contributed by atoms with Crippen LogP contribution in [0.15, 0.2) is 0 Å². The maximum Gasteiger partial charge on any atom is 0.220 e. The molecule has 0 heterocycles. The minimum Gasteiger partial charge on any atom is -0.394 e. The monoisotopic (exact) mass is 680 g/mol. The van der Waals surface area contributed by atoms with E-state index >= 15 is 0 Å². The molecule has 0 radical (unpaired) electrons. The number of aliphatic hydroxyl groups excluding tert-OH is 2. The summed E-state index contributed by atoms with van der Waals surface area (Å²) in [5.74, 6) is -0.0280. The van der Waals surface area contributed by atoms with E-state index in [1.165, 1.54) is 205 Å². The van der Waals surface area contributed by atoms with Gasteiger partial charge < -0.3 is 15.5 Å². The summed E-state index contributed by atoms with van der Waals surface area (Å²) in [7, 11) is 0. The molecule has 4 heteroatoms. The molecule has 0 saturated heterocycles. The topological polar surface area (TPSA) is 69.6 Å². The van der Waals surface area contributed by atoms with Gasteiger partial charge in [0.2, 0.25) is 5.91 Å². The summed E-state index contributed by atoms with van der Waals surface area (Å²) in [6, 6.07) is -0.527. The molecule has 2 unspecified atom stereocenters. The van der Waals surface area contributed by atoms with Gasteiger partial charge in [-0.25, -0.2) is 0 Å². The molecule has 0 aromatic carbocycles. The summed E-state index contributed by atoms with van der Waals surface area (Å²) >= 11 is 0. The summed E-state index contributed by atoms with van der Waals surface area (Å²) in [6.07, 6.45) is 49.2. The van der Waals surface area contributed by atoms with Gasteiger partial charge in [-0.15, -0.1) is 0 Å². The standard InChI is InChI=1S/C44H89NO3/c1-3-5-7-9-11-13-14-15-16-17-18-19-20-21-22-23-24-25-26-27-28-29-30-32-34-36-38-40-44(48)45-42(41-46)43(47)39-37-35-33-31-12-10-8-6-4-2/h42-43,46-47H,3-41H2,1-2H3,(H,45,48). The van der Waals surface area contributed by atoms with Crippen molar-refractivity contribution in [1.29, 1.82) is 0 Å². The van der Waals surface area contributed by atoms with Gasteiger partial charge in [-0.3, -0.25) is 4.79 Å². The Morgan fingerprint density at radius 2 is 0.667 bits per heavy atom. The predicted octanol–water partition coefficient (Wildman–Crippen LogP) is 13.7. The quantitative estimate of drug-likeness (QED) is 0.0563. The molecule has 0 bridgehead atoms. The van der Waals surface area contributed by atoms with Crippen LogP contribution < -0.4 is 5.32 Å². The van der Waals surface area contributed by atoms with Crippen molar-refractivity contribution in [2.45, 2.75) is 270 Å². The van der Waals surface area contributed by atoms with Gasteiger partial charge >= 0.3 is 0 Å². The van der Waals surface area contributed by atoms with Gasteiger partial charge in [-0.05, 0) is 12.8 Å². The molecule has 0 aliphatic rings. The summed E-state index contributed by atoms with van der Waals surface area (Å²) in [5, 5.41) is 23.0. The Labute approximate surface area is 302 Å². The molecule has 0 spiro atoms. The van der Waals surface area contributed by atoms with E-state index < -0.39 is 12.1 Å².